The molecule has 7 nitrogen and oxygen atoms in total. The van der Waals surface area contributed by atoms with Gasteiger partial charge >= 0.3 is 7.12 Å². The SMILES string of the molecule is C/C(=C\c1ccc(O)cc1Cl)CC[C@H]1OB(O)C[C@H]2C1=C(CO[Si](c1ccccc1)(c1ccccc1)C(C)(C)C)C[C@H]1C(=O)N(c3ccccc3)C(=O)[C@H]12. The smallest absolute Gasteiger partial charge is 0.455 e. The number of phenols is 1. The van der Waals surface area contributed by atoms with Gasteiger partial charge in [-0.25, -0.2) is 0 Å². The maximum atomic E-state index is 14.4. The van der Waals surface area contributed by atoms with Crippen molar-refractivity contribution in [3.63, 3.8) is 0 Å². The van der Waals surface area contributed by atoms with Crippen LogP contribution in [-0.2, 0) is 18.7 Å². The number of para-hydroxylation sites is 1. The fourth-order valence-electron chi connectivity index (χ4n) is 9.01. The molecule has 4 aromatic rings. The summed E-state index contributed by atoms with van der Waals surface area (Å²) in [6.45, 7) is 9.02. The van der Waals surface area contributed by atoms with Crippen molar-refractivity contribution in [1.82, 2.24) is 0 Å². The number of aromatic hydroxyl groups is 1. The summed E-state index contributed by atoms with van der Waals surface area (Å²) < 4.78 is 13.9. The van der Waals surface area contributed by atoms with E-state index in [0.717, 1.165) is 32.7 Å². The number of anilines is 1. The molecule has 0 saturated carbocycles. The maximum Gasteiger partial charge on any atom is 0.455 e. The molecule has 2 fully saturated rings. The Kier molecular flexibility index (Phi) is 10.9. The third kappa shape index (κ3) is 7.16. The number of fused-ring (bicyclic) bond motifs is 3. The molecule has 4 aromatic carbocycles. The van der Waals surface area contributed by atoms with E-state index in [1.54, 1.807) is 24.3 Å². The number of hydrogen-bond acceptors (Lipinski definition) is 6. The first-order valence-electron chi connectivity index (χ1n) is 18.8. The standard InChI is InChI=1S/C44H47BClNO6Si/c1-29(24-30-21-22-33(48)26-38(30)46)20-23-39-40-31(28-52-54(44(2,3)4,34-16-10-6-11-17-34)35-18-12-7-13-19-35)25-36-41(37(40)27-45(51)53-39)43(50)47(42(36)49)32-14-8-5-9-15-32/h5-19,21-22,24,26,36-37,39,41,48,51H,20,23,25,27-28H2,1-4H3/b29-24+/t36-,37+,39-,41-/m1/s1. The molecule has 3 aliphatic rings. The fraction of sp³-hybridized carbons (Fsp3) is 0.318. The topological polar surface area (TPSA) is 96.3 Å². The highest BCUT2D eigenvalue weighted by Gasteiger charge is 2.58. The quantitative estimate of drug-likeness (QED) is 0.0974. The van der Waals surface area contributed by atoms with E-state index in [1.807, 2.05) is 43.3 Å². The molecule has 10 heteroatoms. The van der Waals surface area contributed by atoms with E-state index in [-0.39, 0.29) is 35.5 Å². The molecule has 2 N–H and O–H groups in total. The zero-order chi connectivity index (χ0) is 38.2. The second-order valence-electron chi connectivity index (χ2n) is 15.9. The second kappa shape index (κ2) is 15.5. The molecule has 2 aliphatic heterocycles. The Labute approximate surface area is 324 Å². The van der Waals surface area contributed by atoms with E-state index in [9.17, 15) is 19.7 Å². The van der Waals surface area contributed by atoms with E-state index in [1.165, 1.54) is 11.0 Å². The van der Waals surface area contributed by atoms with E-state index in [0.29, 0.717) is 30.0 Å². The molecule has 1 aliphatic carbocycles. The van der Waals surface area contributed by atoms with E-state index in [4.69, 9.17) is 20.7 Å². The van der Waals surface area contributed by atoms with Crippen molar-refractivity contribution in [3.8, 4) is 5.75 Å². The number of imide groups is 1. The molecule has 0 radical (unpaired) electrons. The Balaban J connectivity index is 1.30. The van der Waals surface area contributed by atoms with Crippen LogP contribution in [0.1, 0.15) is 52.5 Å². The van der Waals surface area contributed by atoms with Crippen molar-refractivity contribution in [2.45, 2.75) is 64.4 Å². The van der Waals surface area contributed by atoms with Crippen LogP contribution in [0.2, 0.25) is 16.4 Å². The van der Waals surface area contributed by atoms with Crippen LogP contribution in [0.4, 0.5) is 5.69 Å². The normalized spacial score (nSPS) is 22.1. The Hall–Kier alpha value is -4.25. The number of phenolic OH excluding ortho intramolecular Hbond substituents is 1. The average Bonchev–Trinajstić information content (AvgIpc) is 3.41. The monoisotopic (exact) mass is 759 g/mol. The van der Waals surface area contributed by atoms with E-state index in [2.05, 4.69) is 69.3 Å². The Morgan fingerprint density at radius 2 is 1.54 bits per heavy atom. The van der Waals surface area contributed by atoms with Gasteiger partial charge in [-0.05, 0) is 101 Å². The lowest BCUT2D eigenvalue weighted by Gasteiger charge is -2.46. The molecule has 0 spiro atoms. The number of halogens is 1. The molecule has 54 heavy (non-hydrogen) atoms. The van der Waals surface area contributed by atoms with Crippen LogP contribution < -0.4 is 15.3 Å². The molecule has 0 aromatic heterocycles. The van der Waals surface area contributed by atoms with Gasteiger partial charge in [0.25, 0.3) is 8.32 Å². The molecule has 7 rings (SSSR count). The predicted molar refractivity (Wildman–Crippen MR) is 218 cm³/mol. The van der Waals surface area contributed by atoms with Crippen molar-refractivity contribution < 1.29 is 28.8 Å². The summed E-state index contributed by atoms with van der Waals surface area (Å²) in [6.07, 6.45) is 3.26. The maximum absolute atomic E-state index is 14.4. The summed E-state index contributed by atoms with van der Waals surface area (Å²) in [5, 5.41) is 23.6. The number of hydrogen-bond donors (Lipinski definition) is 2. The fourth-order valence-corrected chi connectivity index (χ4v) is 13.8. The average molecular weight is 760 g/mol. The van der Waals surface area contributed by atoms with Gasteiger partial charge in [0.1, 0.15) is 5.75 Å². The van der Waals surface area contributed by atoms with Crippen LogP contribution >= 0.6 is 11.6 Å². The first-order chi connectivity index (χ1) is 25.9. The number of carbonyl (C=O) groups excluding carboxylic acids is 2. The van der Waals surface area contributed by atoms with Gasteiger partial charge in [0.2, 0.25) is 11.8 Å². The highest BCUT2D eigenvalue weighted by Crippen LogP contribution is 2.52. The van der Waals surface area contributed by atoms with Crippen molar-refractivity contribution >= 4 is 61.0 Å². The first-order valence-corrected chi connectivity index (χ1v) is 21.1. The van der Waals surface area contributed by atoms with Crippen LogP contribution in [0.15, 0.2) is 126 Å². The zero-order valence-corrected chi connectivity index (χ0v) is 33.0. The molecule has 0 bridgehead atoms. The zero-order valence-electron chi connectivity index (χ0n) is 31.2. The van der Waals surface area contributed by atoms with Gasteiger partial charge in [-0.15, -0.1) is 0 Å². The third-order valence-corrected chi connectivity index (χ3v) is 16.7. The van der Waals surface area contributed by atoms with E-state index < -0.39 is 39.3 Å². The summed E-state index contributed by atoms with van der Waals surface area (Å²) in [5.41, 5.74) is 4.36. The minimum absolute atomic E-state index is 0.103. The van der Waals surface area contributed by atoms with Gasteiger partial charge in [-0.3, -0.25) is 14.5 Å². The molecular weight excluding hydrogens is 713 g/mol. The van der Waals surface area contributed by atoms with Gasteiger partial charge in [-0.1, -0.05) is 123 Å². The summed E-state index contributed by atoms with van der Waals surface area (Å²) in [5.74, 6) is -1.91. The number of rotatable bonds is 10. The minimum Gasteiger partial charge on any atom is -0.508 e. The number of benzene rings is 4. The van der Waals surface area contributed by atoms with Crippen molar-refractivity contribution in [2.75, 3.05) is 11.5 Å². The lowest BCUT2D eigenvalue weighted by molar-refractivity contribution is -0.122. The summed E-state index contributed by atoms with van der Waals surface area (Å²) in [4.78, 5) is 30.0. The van der Waals surface area contributed by atoms with Gasteiger partial charge < -0.3 is 19.2 Å². The Morgan fingerprint density at radius 3 is 2.13 bits per heavy atom. The molecule has 278 valence electrons. The molecule has 2 amide bonds. The summed E-state index contributed by atoms with van der Waals surface area (Å²) >= 11 is 6.43. The molecule has 2 saturated heterocycles. The number of amides is 2. The molecule has 0 unspecified atom stereocenters. The highest BCUT2D eigenvalue weighted by atomic mass is 35.5. The predicted octanol–water partition coefficient (Wildman–Crippen LogP) is 7.81. The van der Waals surface area contributed by atoms with Crippen LogP contribution in [0.3, 0.4) is 0 Å². The van der Waals surface area contributed by atoms with Gasteiger partial charge in [0.05, 0.1) is 35.3 Å². The Morgan fingerprint density at radius 1 is 0.926 bits per heavy atom. The second-order valence-corrected chi connectivity index (χ2v) is 20.6. The van der Waals surface area contributed by atoms with Crippen LogP contribution in [0, 0.1) is 17.8 Å². The largest absolute Gasteiger partial charge is 0.508 e. The van der Waals surface area contributed by atoms with Gasteiger partial charge in [0.15, 0.2) is 0 Å². The summed E-state index contributed by atoms with van der Waals surface area (Å²) in [6, 6.07) is 35.0. The molecule has 4 atom stereocenters. The Bertz CT molecular complexity index is 2030. The number of nitrogens with zero attached hydrogens (tertiary/aromatic N) is 1. The summed E-state index contributed by atoms with van der Waals surface area (Å²) in [7, 11) is -4.06. The third-order valence-electron chi connectivity index (χ3n) is 11.4. The van der Waals surface area contributed by atoms with Crippen LogP contribution in [-0.4, -0.2) is 50.1 Å². The first kappa shape index (κ1) is 38.0. The molecular formula is C44H47BClNO6Si. The lowest BCUT2D eigenvalue weighted by atomic mass is 9.58. The van der Waals surface area contributed by atoms with Crippen molar-refractivity contribution in [3.05, 3.63) is 137 Å². The highest BCUT2D eigenvalue weighted by molar-refractivity contribution is 6.99. The van der Waals surface area contributed by atoms with Gasteiger partial charge in [0, 0.05) is 0 Å². The van der Waals surface area contributed by atoms with Gasteiger partial charge in [-0.2, -0.15) is 0 Å². The van der Waals surface area contributed by atoms with Crippen LogP contribution in [0.25, 0.3) is 6.08 Å². The van der Waals surface area contributed by atoms with Crippen molar-refractivity contribution in [1.29, 1.82) is 0 Å². The molecule has 2 heterocycles. The van der Waals surface area contributed by atoms with E-state index >= 15 is 0 Å². The number of carbonyl (C=O) groups is 2. The van der Waals surface area contributed by atoms with Crippen LogP contribution in [0.5, 0.6) is 5.75 Å². The number of allylic oxidation sites excluding steroid dienone is 1. The van der Waals surface area contributed by atoms with Crippen molar-refractivity contribution in [2.24, 2.45) is 17.8 Å². The minimum atomic E-state index is -2.97. The lowest BCUT2D eigenvalue weighted by Crippen LogP contribution is -2.66.